The fourth-order valence-electron chi connectivity index (χ4n) is 1.54. The minimum absolute atomic E-state index is 0.0307. The van der Waals surface area contributed by atoms with Crippen molar-refractivity contribution < 1.29 is 0 Å². The van der Waals surface area contributed by atoms with Gasteiger partial charge in [0.25, 0.3) is 0 Å². The number of benzene rings is 1. The van der Waals surface area contributed by atoms with E-state index in [0.29, 0.717) is 0 Å². The van der Waals surface area contributed by atoms with Crippen molar-refractivity contribution in [2.75, 3.05) is 0 Å². The van der Waals surface area contributed by atoms with Crippen molar-refractivity contribution >= 4 is 139 Å². The Balaban J connectivity index is 3.90. The van der Waals surface area contributed by atoms with Gasteiger partial charge in [0.05, 0.1) is 0 Å². The summed E-state index contributed by atoms with van der Waals surface area (Å²) < 4.78 is -7.90. The molecule has 0 aliphatic carbocycles. The van der Waals surface area contributed by atoms with E-state index in [2.05, 4.69) is 0 Å². The molecule has 0 radical (unpaired) electrons. The Morgan fingerprint density at radius 2 is 0.500 bits per heavy atom. The highest BCUT2D eigenvalue weighted by atomic mass is 35.6. The molecule has 1 aromatic rings. The Kier molecular flexibility index (Phi) is 7.62. The van der Waals surface area contributed by atoms with Gasteiger partial charge in [0.1, 0.15) is 0 Å². The van der Waals surface area contributed by atoms with Crippen LogP contribution < -0.4 is 0 Å². The first-order valence-electron chi connectivity index (χ1n) is 4.92. The molecule has 0 fully saturated rings. The van der Waals surface area contributed by atoms with Gasteiger partial charge >= 0.3 is 0 Å². The smallest absolute Gasteiger partial charge is 0.0784 e. The Bertz CT molecular complexity index is 455. The summed E-state index contributed by atoms with van der Waals surface area (Å²) in [6, 6.07) is 2.41. The normalized spacial score (nSPS) is 14.4. The molecule has 0 spiro atoms. The zero-order valence-corrected chi connectivity index (χ0v) is 18.8. The van der Waals surface area contributed by atoms with Crippen LogP contribution in [0.15, 0.2) is 12.1 Å². The summed E-state index contributed by atoms with van der Waals surface area (Å²) >= 11 is 70.6. The van der Waals surface area contributed by atoms with E-state index in [0.717, 1.165) is 0 Å². The predicted molar refractivity (Wildman–Crippen MR) is 103 cm³/mol. The van der Waals surface area contributed by atoms with Crippen LogP contribution >= 0.6 is 139 Å². The Labute approximate surface area is 187 Å². The predicted octanol–water partition coefficient (Wildman–Crippen LogP) is 8.99. The molecule has 0 N–H and O–H groups in total. The first kappa shape index (κ1) is 22.7. The van der Waals surface area contributed by atoms with E-state index in [-0.39, 0.29) is 22.3 Å². The topological polar surface area (TPSA) is 0 Å². The molecule has 126 valence electrons. The zero-order chi connectivity index (χ0) is 17.7. The van der Waals surface area contributed by atoms with Crippen molar-refractivity contribution in [2.24, 2.45) is 0 Å². The summed E-state index contributed by atoms with van der Waals surface area (Å²) in [4.78, 5) is 0. The molecule has 0 bridgehead atoms. The van der Waals surface area contributed by atoms with Gasteiger partial charge in [0, 0.05) is 22.3 Å². The minimum atomic E-state index is -1.98. The average Bonchev–Trinajstić information content (AvgIpc) is 2.22. The lowest BCUT2D eigenvalue weighted by atomic mass is 10.0. The largest absolute Gasteiger partial charge is 0.216 e. The average molecular weight is 548 g/mol. The third-order valence-corrected chi connectivity index (χ3v) is 4.82. The summed E-state index contributed by atoms with van der Waals surface area (Å²) in [6.45, 7) is 0. The van der Waals surface area contributed by atoms with Gasteiger partial charge in [-0.25, -0.2) is 0 Å². The van der Waals surface area contributed by atoms with Gasteiger partial charge in [-0.05, 0) is 12.1 Å². The first-order valence-corrected chi connectivity index (χ1v) is 9.46. The number of hydrogen-bond acceptors (Lipinski definition) is 0. The second kappa shape index (κ2) is 7.37. The second-order valence-electron chi connectivity index (χ2n) is 3.93. The van der Waals surface area contributed by atoms with Gasteiger partial charge < -0.3 is 0 Å². The van der Waals surface area contributed by atoms with E-state index < -0.39 is 15.2 Å². The SMILES string of the molecule is ClC(Cl)(Cl)c1cc(C(Cl)(Cl)Cl)c(C(Cl)(Cl)Cl)cc1C(Cl)(Cl)Cl. The van der Waals surface area contributed by atoms with E-state index >= 15 is 0 Å². The van der Waals surface area contributed by atoms with Crippen LogP contribution in [0.4, 0.5) is 0 Å². The molecule has 22 heavy (non-hydrogen) atoms. The highest BCUT2D eigenvalue weighted by Gasteiger charge is 2.41. The molecule has 0 amide bonds. The van der Waals surface area contributed by atoms with Crippen molar-refractivity contribution in [1.82, 2.24) is 0 Å². The summed E-state index contributed by atoms with van der Waals surface area (Å²) in [5.74, 6) is 0. The van der Waals surface area contributed by atoms with Gasteiger partial charge in [-0.15, -0.1) is 0 Å². The van der Waals surface area contributed by atoms with Crippen LogP contribution in [0.5, 0.6) is 0 Å². The molecule has 0 atom stereocenters. The summed E-state index contributed by atoms with van der Waals surface area (Å²) in [5, 5.41) is 0. The van der Waals surface area contributed by atoms with Crippen LogP contribution in [0.1, 0.15) is 22.3 Å². The third kappa shape index (κ3) is 5.86. The molecule has 0 nitrogen and oxygen atoms in total. The molecular weight excluding hydrogens is 546 g/mol. The third-order valence-electron chi connectivity index (χ3n) is 2.38. The lowest BCUT2D eigenvalue weighted by Crippen LogP contribution is -2.19. The number of hydrogen-bond donors (Lipinski definition) is 0. The lowest BCUT2D eigenvalue weighted by molar-refractivity contribution is 1.03. The quantitative estimate of drug-likeness (QED) is 0.285. The lowest BCUT2D eigenvalue weighted by Gasteiger charge is -2.28. The van der Waals surface area contributed by atoms with Crippen molar-refractivity contribution in [3.05, 3.63) is 34.4 Å². The van der Waals surface area contributed by atoms with Crippen molar-refractivity contribution in [3.63, 3.8) is 0 Å². The van der Waals surface area contributed by atoms with Crippen LogP contribution in [0.3, 0.4) is 0 Å². The molecule has 0 heterocycles. The standard InChI is InChI=1S/C10H2Cl12/c11-7(12,13)3-1-4(8(14,15)16)6(10(20,21)22)2-5(3)9(17,18)19/h1-2H. The molecule has 12 heteroatoms. The monoisotopic (exact) mass is 542 g/mol. The Morgan fingerprint density at radius 1 is 0.364 bits per heavy atom. The molecule has 0 aliphatic rings. The number of alkyl halides is 12. The fourth-order valence-corrected chi connectivity index (χ4v) is 3.41. The van der Waals surface area contributed by atoms with Gasteiger partial charge in [-0.3, -0.25) is 0 Å². The maximum atomic E-state index is 5.89. The highest BCUT2D eigenvalue weighted by molar-refractivity contribution is 6.70. The summed E-state index contributed by atoms with van der Waals surface area (Å²) in [7, 11) is 0. The molecule has 0 aliphatic heterocycles. The molecule has 1 aromatic carbocycles. The highest BCUT2D eigenvalue weighted by Crippen LogP contribution is 2.54. The van der Waals surface area contributed by atoms with Crippen LogP contribution in [-0.4, -0.2) is 0 Å². The van der Waals surface area contributed by atoms with E-state index in [1.807, 2.05) is 0 Å². The minimum Gasteiger partial charge on any atom is -0.0784 e. The fraction of sp³-hybridized carbons (Fsp3) is 0.400. The molecule has 0 unspecified atom stereocenters. The molecule has 0 saturated carbocycles. The van der Waals surface area contributed by atoms with Crippen molar-refractivity contribution in [2.45, 2.75) is 15.2 Å². The van der Waals surface area contributed by atoms with E-state index in [1.54, 1.807) is 0 Å². The van der Waals surface area contributed by atoms with Crippen LogP contribution in [0, 0.1) is 0 Å². The van der Waals surface area contributed by atoms with Gasteiger partial charge in [-0.2, -0.15) is 0 Å². The van der Waals surface area contributed by atoms with Gasteiger partial charge in [0.15, 0.2) is 0 Å². The molecule has 1 rings (SSSR count). The zero-order valence-electron chi connectivity index (χ0n) is 9.69. The van der Waals surface area contributed by atoms with Crippen LogP contribution in [0.25, 0.3) is 0 Å². The number of halogens is 12. The van der Waals surface area contributed by atoms with Crippen LogP contribution in [-0.2, 0) is 15.2 Å². The van der Waals surface area contributed by atoms with Gasteiger partial charge in [0.2, 0.25) is 15.2 Å². The van der Waals surface area contributed by atoms with E-state index in [4.69, 9.17) is 139 Å². The number of rotatable bonds is 0. The Morgan fingerprint density at radius 3 is 0.591 bits per heavy atom. The molecular formula is C10H2Cl12. The summed E-state index contributed by atoms with van der Waals surface area (Å²) in [6.07, 6.45) is 0. The Hall–Kier alpha value is 2.70. The van der Waals surface area contributed by atoms with Crippen molar-refractivity contribution in [3.8, 4) is 0 Å². The maximum absolute atomic E-state index is 5.89. The second-order valence-corrected chi connectivity index (χ2v) is 13.1. The van der Waals surface area contributed by atoms with Crippen molar-refractivity contribution in [1.29, 1.82) is 0 Å². The van der Waals surface area contributed by atoms with E-state index in [9.17, 15) is 0 Å². The van der Waals surface area contributed by atoms with Gasteiger partial charge in [-0.1, -0.05) is 139 Å². The first-order chi connectivity index (χ1) is 9.45. The summed E-state index contributed by atoms with van der Waals surface area (Å²) in [5.41, 5.74) is -0.123. The molecule has 0 aromatic heterocycles. The van der Waals surface area contributed by atoms with Crippen LogP contribution in [0.2, 0.25) is 0 Å². The molecule has 0 saturated heterocycles. The van der Waals surface area contributed by atoms with E-state index in [1.165, 1.54) is 12.1 Å². The maximum Gasteiger partial charge on any atom is 0.216 e.